The van der Waals surface area contributed by atoms with E-state index in [4.69, 9.17) is 10.5 Å². The first kappa shape index (κ1) is 9.00. The van der Waals surface area contributed by atoms with Gasteiger partial charge >= 0.3 is 0 Å². The lowest BCUT2D eigenvalue weighted by atomic mass is 10.1. The molecular formula is C9H14N2O. The van der Waals surface area contributed by atoms with Crippen molar-refractivity contribution in [3.63, 3.8) is 0 Å². The zero-order valence-electron chi connectivity index (χ0n) is 7.45. The molecule has 1 heterocycles. The normalized spacial score (nSPS) is 12.6. The predicted octanol–water partition coefficient (Wildman–Crippen LogP) is 1.50. The molecule has 0 bridgehead atoms. The van der Waals surface area contributed by atoms with Gasteiger partial charge in [0.05, 0.1) is 18.8 Å². The van der Waals surface area contributed by atoms with Crippen LogP contribution in [0.2, 0.25) is 0 Å². The van der Waals surface area contributed by atoms with E-state index in [1.807, 2.05) is 19.1 Å². The third-order valence-electron chi connectivity index (χ3n) is 1.81. The molecule has 2 N–H and O–H groups in total. The molecule has 1 aromatic rings. The first-order valence-electron chi connectivity index (χ1n) is 4.04. The van der Waals surface area contributed by atoms with Gasteiger partial charge in [-0.25, -0.2) is 0 Å². The van der Waals surface area contributed by atoms with Crippen LogP contribution in [0.25, 0.3) is 0 Å². The highest BCUT2D eigenvalue weighted by Crippen LogP contribution is 2.21. The van der Waals surface area contributed by atoms with Crippen molar-refractivity contribution in [3.8, 4) is 5.75 Å². The number of nitrogens with two attached hydrogens (primary N) is 1. The SMILES string of the molecule is CCC(N)c1ncccc1OC. The number of hydrogen-bond donors (Lipinski definition) is 1. The summed E-state index contributed by atoms with van der Waals surface area (Å²) >= 11 is 0. The highest BCUT2D eigenvalue weighted by atomic mass is 16.5. The number of ether oxygens (including phenoxy) is 1. The van der Waals surface area contributed by atoms with E-state index in [-0.39, 0.29) is 6.04 Å². The molecule has 0 spiro atoms. The molecule has 0 fully saturated rings. The Bertz CT molecular complexity index is 250. The van der Waals surface area contributed by atoms with Gasteiger partial charge in [0.15, 0.2) is 0 Å². The molecule has 0 amide bonds. The zero-order valence-corrected chi connectivity index (χ0v) is 7.45. The van der Waals surface area contributed by atoms with Gasteiger partial charge in [0.2, 0.25) is 0 Å². The minimum absolute atomic E-state index is 0.0267. The minimum Gasteiger partial charge on any atom is -0.495 e. The highest BCUT2D eigenvalue weighted by molar-refractivity contribution is 5.28. The number of pyridine rings is 1. The van der Waals surface area contributed by atoms with Crippen LogP contribution < -0.4 is 10.5 Å². The van der Waals surface area contributed by atoms with Crippen LogP contribution in [0.1, 0.15) is 25.1 Å². The number of nitrogens with zero attached hydrogens (tertiary/aromatic N) is 1. The van der Waals surface area contributed by atoms with Crippen molar-refractivity contribution in [2.45, 2.75) is 19.4 Å². The van der Waals surface area contributed by atoms with E-state index >= 15 is 0 Å². The molecular weight excluding hydrogens is 152 g/mol. The summed E-state index contributed by atoms with van der Waals surface area (Å²) in [5.74, 6) is 0.770. The second-order valence-electron chi connectivity index (χ2n) is 2.61. The van der Waals surface area contributed by atoms with Gasteiger partial charge in [-0.3, -0.25) is 4.98 Å². The Morgan fingerprint density at radius 3 is 3.00 bits per heavy atom. The maximum absolute atomic E-state index is 5.83. The molecule has 0 radical (unpaired) electrons. The fourth-order valence-corrected chi connectivity index (χ4v) is 1.05. The monoisotopic (exact) mass is 166 g/mol. The van der Waals surface area contributed by atoms with Crippen LogP contribution in [-0.4, -0.2) is 12.1 Å². The summed E-state index contributed by atoms with van der Waals surface area (Å²) in [6.45, 7) is 2.03. The molecule has 3 heteroatoms. The topological polar surface area (TPSA) is 48.1 Å². The zero-order chi connectivity index (χ0) is 8.97. The second-order valence-corrected chi connectivity index (χ2v) is 2.61. The van der Waals surface area contributed by atoms with Crippen molar-refractivity contribution >= 4 is 0 Å². The van der Waals surface area contributed by atoms with Crippen LogP contribution in [0.4, 0.5) is 0 Å². The number of aromatic nitrogens is 1. The van der Waals surface area contributed by atoms with E-state index in [0.717, 1.165) is 17.9 Å². The Morgan fingerprint density at radius 2 is 2.42 bits per heavy atom. The molecule has 12 heavy (non-hydrogen) atoms. The van der Waals surface area contributed by atoms with Crippen molar-refractivity contribution in [1.82, 2.24) is 4.98 Å². The van der Waals surface area contributed by atoms with E-state index in [9.17, 15) is 0 Å². The lowest BCUT2D eigenvalue weighted by Crippen LogP contribution is -2.11. The standard InChI is InChI=1S/C9H14N2O/c1-3-7(10)9-8(12-2)5-4-6-11-9/h4-7H,3,10H2,1-2H3. The van der Waals surface area contributed by atoms with Crippen molar-refractivity contribution in [2.24, 2.45) is 5.73 Å². The average molecular weight is 166 g/mol. The summed E-state index contributed by atoms with van der Waals surface area (Å²) in [5.41, 5.74) is 6.66. The molecule has 0 saturated heterocycles. The van der Waals surface area contributed by atoms with Crippen LogP contribution in [-0.2, 0) is 0 Å². The van der Waals surface area contributed by atoms with Crippen molar-refractivity contribution < 1.29 is 4.74 Å². The number of methoxy groups -OCH3 is 1. The third-order valence-corrected chi connectivity index (χ3v) is 1.81. The van der Waals surface area contributed by atoms with Crippen molar-refractivity contribution in [3.05, 3.63) is 24.0 Å². The van der Waals surface area contributed by atoms with Crippen LogP contribution >= 0.6 is 0 Å². The predicted molar refractivity (Wildman–Crippen MR) is 48.0 cm³/mol. The van der Waals surface area contributed by atoms with E-state index in [0.29, 0.717) is 0 Å². The quantitative estimate of drug-likeness (QED) is 0.740. The maximum Gasteiger partial charge on any atom is 0.141 e. The Kier molecular flexibility index (Phi) is 3.05. The van der Waals surface area contributed by atoms with Gasteiger partial charge in [-0.1, -0.05) is 6.92 Å². The van der Waals surface area contributed by atoms with Crippen molar-refractivity contribution in [2.75, 3.05) is 7.11 Å². The summed E-state index contributed by atoms with van der Waals surface area (Å²) in [6, 6.07) is 3.68. The first-order chi connectivity index (χ1) is 5.79. The maximum atomic E-state index is 5.83. The molecule has 66 valence electrons. The van der Waals surface area contributed by atoms with Crippen LogP contribution in [0, 0.1) is 0 Å². The van der Waals surface area contributed by atoms with Gasteiger partial charge in [-0.05, 0) is 18.6 Å². The van der Waals surface area contributed by atoms with Gasteiger partial charge in [-0.15, -0.1) is 0 Å². The van der Waals surface area contributed by atoms with Gasteiger partial charge in [0, 0.05) is 6.20 Å². The third kappa shape index (κ3) is 1.74. The fraction of sp³-hybridized carbons (Fsp3) is 0.444. The van der Waals surface area contributed by atoms with Gasteiger partial charge < -0.3 is 10.5 Å². The Balaban J connectivity index is 2.96. The second kappa shape index (κ2) is 4.07. The largest absolute Gasteiger partial charge is 0.495 e. The van der Waals surface area contributed by atoms with E-state index in [2.05, 4.69) is 4.98 Å². The van der Waals surface area contributed by atoms with Gasteiger partial charge in [-0.2, -0.15) is 0 Å². The van der Waals surface area contributed by atoms with E-state index in [1.54, 1.807) is 13.3 Å². The van der Waals surface area contributed by atoms with E-state index < -0.39 is 0 Å². The number of rotatable bonds is 3. The Morgan fingerprint density at radius 1 is 1.67 bits per heavy atom. The first-order valence-corrected chi connectivity index (χ1v) is 4.04. The van der Waals surface area contributed by atoms with Crippen LogP contribution in [0.3, 0.4) is 0 Å². The molecule has 1 unspecified atom stereocenters. The lowest BCUT2D eigenvalue weighted by molar-refractivity contribution is 0.401. The summed E-state index contributed by atoms with van der Waals surface area (Å²) in [6.07, 6.45) is 2.60. The Hall–Kier alpha value is -1.09. The smallest absolute Gasteiger partial charge is 0.141 e. The summed E-state index contributed by atoms with van der Waals surface area (Å²) < 4.78 is 5.13. The highest BCUT2D eigenvalue weighted by Gasteiger charge is 2.09. The molecule has 3 nitrogen and oxygen atoms in total. The molecule has 0 aliphatic carbocycles. The molecule has 0 aliphatic heterocycles. The summed E-state index contributed by atoms with van der Waals surface area (Å²) in [7, 11) is 1.63. The summed E-state index contributed by atoms with van der Waals surface area (Å²) in [4.78, 5) is 4.17. The number of hydrogen-bond acceptors (Lipinski definition) is 3. The molecule has 1 atom stereocenters. The Labute approximate surface area is 72.6 Å². The fourth-order valence-electron chi connectivity index (χ4n) is 1.05. The average Bonchev–Trinajstić information content (AvgIpc) is 2.16. The summed E-state index contributed by atoms with van der Waals surface area (Å²) in [5, 5.41) is 0. The molecule has 1 aromatic heterocycles. The van der Waals surface area contributed by atoms with Crippen LogP contribution in [0.5, 0.6) is 5.75 Å². The van der Waals surface area contributed by atoms with Crippen molar-refractivity contribution in [1.29, 1.82) is 0 Å². The van der Waals surface area contributed by atoms with Crippen LogP contribution in [0.15, 0.2) is 18.3 Å². The van der Waals surface area contributed by atoms with E-state index in [1.165, 1.54) is 0 Å². The lowest BCUT2D eigenvalue weighted by Gasteiger charge is -2.11. The molecule has 0 aliphatic rings. The molecule has 0 aromatic carbocycles. The molecule has 0 saturated carbocycles. The van der Waals surface area contributed by atoms with Gasteiger partial charge in [0.25, 0.3) is 0 Å². The minimum atomic E-state index is -0.0267. The molecule has 1 rings (SSSR count). The van der Waals surface area contributed by atoms with Gasteiger partial charge in [0.1, 0.15) is 5.75 Å².